The molecule has 1 fully saturated rings. The van der Waals surface area contributed by atoms with Gasteiger partial charge in [0, 0.05) is 16.0 Å². The smallest absolute Gasteiger partial charge is 0.329 e. The van der Waals surface area contributed by atoms with Crippen LogP contribution in [0.1, 0.15) is 11.3 Å². The maximum absolute atomic E-state index is 12.6. The summed E-state index contributed by atoms with van der Waals surface area (Å²) in [6, 6.07) is 19.9. The van der Waals surface area contributed by atoms with Gasteiger partial charge >= 0.3 is 6.03 Å². The highest BCUT2D eigenvalue weighted by molar-refractivity contribution is 7.99. The van der Waals surface area contributed by atoms with E-state index >= 15 is 0 Å². The first kappa shape index (κ1) is 18.4. The molecule has 140 valence electrons. The minimum Gasteiger partial charge on any atom is -0.450 e. The third-order valence-corrected chi connectivity index (χ3v) is 5.25. The molecule has 1 aromatic heterocycles. The van der Waals surface area contributed by atoms with Gasteiger partial charge in [-0.25, -0.2) is 4.79 Å². The number of rotatable bonds is 5. The summed E-state index contributed by atoms with van der Waals surface area (Å²) in [4.78, 5) is 26.9. The maximum atomic E-state index is 12.6. The van der Waals surface area contributed by atoms with Gasteiger partial charge in [-0.05, 0) is 42.0 Å². The maximum Gasteiger partial charge on any atom is 0.329 e. The van der Waals surface area contributed by atoms with E-state index in [1.54, 1.807) is 6.07 Å². The Hall–Kier alpha value is -2.96. The predicted octanol–water partition coefficient (Wildman–Crippen LogP) is 5.18. The van der Waals surface area contributed by atoms with Crippen molar-refractivity contribution in [3.05, 3.63) is 88.8 Å². The van der Waals surface area contributed by atoms with E-state index in [4.69, 9.17) is 16.0 Å². The van der Waals surface area contributed by atoms with Gasteiger partial charge in [0.05, 0.1) is 6.54 Å². The summed E-state index contributed by atoms with van der Waals surface area (Å²) in [6.45, 7) is 0.221. The van der Waals surface area contributed by atoms with Gasteiger partial charge in [0.25, 0.3) is 5.91 Å². The molecule has 0 unspecified atom stereocenters. The number of nitrogens with zero attached hydrogens (tertiary/aromatic N) is 1. The quantitative estimate of drug-likeness (QED) is 0.465. The number of hydrogen-bond acceptors (Lipinski definition) is 4. The van der Waals surface area contributed by atoms with Gasteiger partial charge in [0.15, 0.2) is 5.09 Å². The van der Waals surface area contributed by atoms with Gasteiger partial charge in [-0.2, -0.15) is 0 Å². The predicted molar refractivity (Wildman–Crippen MR) is 108 cm³/mol. The fraction of sp³-hybridized carbons (Fsp3) is 0.0476. The largest absolute Gasteiger partial charge is 0.450 e. The second-order valence-corrected chi connectivity index (χ2v) is 7.59. The molecule has 1 N–H and O–H groups in total. The van der Waals surface area contributed by atoms with E-state index in [-0.39, 0.29) is 18.1 Å². The highest BCUT2D eigenvalue weighted by Gasteiger charge is 2.33. The van der Waals surface area contributed by atoms with Crippen molar-refractivity contribution in [2.24, 2.45) is 0 Å². The van der Waals surface area contributed by atoms with Crippen LogP contribution in [0.2, 0.25) is 5.02 Å². The lowest BCUT2D eigenvalue weighted by Crippen LogP contribution is -2.30. The number of nitrogens with one attached hydrogen (secondary N) is 1. The van der Waals surface area contributed by atoms with E-state index in [0.717, 1.165) is 10.5 Å². The second kappa shape index (κ2) is 7.96. The summed E-state index contributed by atoms with van der Waals surface area (Å²) in [5, 5.41) is 3.95. The molecule has 0 atom stereocenters. The molecule has 4 rings (SSSR count). The fourth-order valence-corrected chi connectivity index (χ4v) is 3.61. The third kappa shape index (κ3) is 4.13. The average Bonchev–Trinajstić information content (AvgIpc) is 3.24. The van der Waals surface area contributed by atoms with Crippen LogP contribution in [0.4, 0.5) is 4.79 Å². The van der Waals surface area contributed by atoms with Crippen LogP contribution in [-0.2, 0) is 11.3 Å². The number of carbonyl (C=O) groups is 2. The van der Waals surface area contributed by atoms with E-state index in [1.165, 1.54) is 22.7 Å². The monoisotopic (exact) mass is 410 g/mol. The Kier molecular flexibility index (Phi) is 5.23. The first-order chi connectivity index (χ1) is 13.6. The number of benzene rings is 2. The van der Waals surface area contributed by atoms with Crippen LogP contribution in [0.3, 0.4) is 0 Å². The van der Waals surface area contributed by atoms with Crippen LogP contribution in [0.25, 0.3) is 6.08 Å². The van der Waals surface area contributed by atoms with Gasteiger partial charge in [0.2, 0.25) is 0 Å². The molecule has 28 heavy (non-hydrogen) atoms. The zero-order valence-electron chi connectivity index (χ0n) is 14.6. The molecule has 0 saturated carbocycles. The van der Waals surface area contributed by atoms with Crippen LogP contribution < -0.4 is 5.32 Å². The first-order valence-electron chi connectivity index (χ1n) is 8.50. The highest BCUT2D eigenvalue weighted by Crippen LogP contribution is 2.30. The van der Waals surface area contributed by atoms with Crippen molar-refractivity contribution in [2.75, 3.05) is 0 Å². The Morgan fingerprint density at radius 1 is 1.00 bits per heavy atom. The zero-order chi connectivity index (χ0) is 19.5. The zero-order valence-corrected chi connectivity index (χ0v) is 16.2. The lowest BCUT2D eigenvalue weighted by atomic mass is 10.2. The molecule has 0 aliphatic carbocycles. The van der Waals surface area contributed by atoms with Crippen molar-refractivity contribution in [3.63, 3.8) is 0 Å². The fourth-order valence-electron chi connectivity index (χ4n) is 2.71. The second-order valence-electron chi connectivity index (χ2n) is 6.08. The van der Waals surface area contributed by atoms with Crippen LogP contribution in [0, 0.1) is 0 Å². The Morgan fingerprint density at radius 2 is 1.75 bits per heavy atom. The molecule has 1 saturated heterocycles. The van der Waals surface area contributed by atoms with Gasteiger partial charge in [-0.1, -0.05) is 53.7 Å². The van der Waals surface area contributed by atoms with Crippen molar-refractivity contribution in [1.82, 2.24) is 10.2 Å². The Bertz CT molecular complexity index is 1050. The molecule has 0 radical (unpaired) electrons. The molecule has 5 nitrogen and oxygen atoms in total. The molecule has 0 spiro atoms. The van der Waals surface area contributed by atoms with E-state index in [1.807, 2.05) is 60.7 Å². The SMILES string of the molecule is O=C1N/C(=C\c2ccc(Sc3ccc(Cl)cc3)o2)C(=O)N1Cc1ccccc1. The van der Waals surface area contributed by atoms with Gasteiger partial charge in [0.1, 0.15) is 11.5 Å². The first-order valence-corrected chi connectivity index (χ1v) is 9.70. The van der Waals surface area contributed by atoms with Crippen molar-refractivity contribution in [3.8, 4) is 0 Å². The molecule has 3 amide bonds. The molecule has 1 aliphatic heterocycles. The van der Waals surface area contributed by atoms with E-state index in [9.17, 15) is 9.59 Å². The number of carbonyl (C=O) groups excluding carboxylic acids is 2. The van der Waals surface area contributed by atoms with Crippen LogP contribution >= 0.6 is 23.4 Å². The number of hydrogen-bond donors (Lipinski definition) is 1. The molecule has 7 heteroatoms. The summed E-state index contributed by atoms with van der Waals surface area (Å²) in [5.41, 5.74) is 1.07. The lowest BCUT2D eigenvalue weighted by Gasteiger charge is -2.11. The number of imide groups is 1. The third-order valence-electron chi connectivity index (χ3n) is 4.07. The highest BCUT2D eigenvalue weighted by atomic mass is 35.5. The molecule has 1 aliphatic rings. The molecular formula is C21H15ClN2O3S. The van der Waals surface area contributed by atoms with E-state index < -0.39 is 6.03 Å². The normalized spacial score (nSPS) is 15.3. The van der Waals surface area contributed by atoms with Gasteiger partial charge in [-0.3, -0.25) is 9.69 Å². The number of amides is 3. The summed E-state index contributed by atoms with van der Waals surface area (Å²) in [5.74, 6) is 0.110. The molecule has 2 heterocycles. The Labute approximate surface area is 171 Å². The minimum absolute atomic E-state index is 0.193. The number of urea groups is 1. The molecule has 0 bridgehead atoms. The van der Waals surface area contributed by atoms with E-state index in [2.05, 4.69) is 5.32 Å². The van der Waals surface area contributed by atoms with Gasteiger partial charge in [-0.15, -0.1) is 0 Å². The standard InChI is InChI=1S/C21H15ClN2O3S/c22-15-6-9-17(10-7-15)28-19-11-8-16(27-19)12-18-20(25)24(21(26)23-18)13-14-4-2-1-3-5-14/h1-12H,13H2,(H,23,26)/b18-12-. The average molecular weight is 411 g/mol. The van der Waals surface area contributed by atoms with Crippen LogP contribution in [-0.4, -0.2) is 16.8 Å². The minimum atomic E-state index is -0.442. The topological polar surface area (TPSA) is 62.6 Å². The van der Waals surface area contributed by atoms with Crippen molar-refractivity contribution >= 4 is 41.4 Å². The number of halogens is 1. The van der Waals surface area contributed by atoms with Crippen LogP contribution in [0.15, 0.2) is 86.8 Å². The molecule has 2 aromatic carbocycles. The number of furan rings is 1. The lowest BCUT2D eigenvalue weighted by molar-refractivity contribution is -0.123. The van der Waals surface area contributed by atoms with Crippen LogP contribution in [0.5, 0.6) is 0 Å². The summed E-state index contributed by atoms with van der Waals surface area (Å²) in [6.07, 6.45) is 1.54. The van der Waals surface area contributed by atoms with Crippen molar-refractivity contribution < 1.29 is 14.0 Å². The summed E-state index contributed by atoms with van der Waals surface area (Å²) < 4.78 is 5.75. The summed E-state index contributed by atoms with van der Waals surface area (Å²) >= 11 is 7.33. The Balaban J connectivity index is 1.47. The molecular weight excluding hydrogens is 396 g/mol. The Morgan fingerprint density at radius 3 is 2.50 bits per heavy atom. The van der Waals surface area contributed by atoms with Crippen molar-refractivity contribution in [2.45, 2.75) is 16.5 Å². The van der Waals surface area contributed by atoms with E-state index in [0.29, 0.717) is 15.9 Å². The molecule has 3 aromatic rings. The van der Waals surface area contributed by atoms with Crippen molar-refractivity contribution in [1.29, 1.82) is 0 Å². The van der Waals surface area contributed by atoms with Gasteiger partial charge < -0.3 is 9.73 Å². The summed E-state index contributed by atoms with van der Waals surface area (Å²) in [7, 11) is 0.